The van der Waals surface area contributed by atoms with Gasteiger partial charge in [-0.2, -0.15) is 0 Å². The second-order valence-corrected chi connectivity index (χ2v) is 5.31. The number of hydrogen-bond acceptors (Lipinski definition) is 4. The molecule has 0 fully saturated rings. The fourth-order valence-electron chi connectivity index (χ4n) is 2.13. The van der Waals surface area contributed by atoms with Crippen LogP contribution in [0.3, 0.4) is 0 Å². The van der Waals surface area contributed by atoms with Crippen LogP contribution in [0.1, 0.15) is 41.3 Å². The molecule has 4 N–H and O–H groups in total. The molecule has 2 rings (SSSR count). The van der Waals surface area contributed by atoms with Crippen LogP contribution in [-0.2, 0) is 0 Å². The van der Waals surface area contributed by atoms with Crippen LogP contribution in [0.5, 0.6) is 0 Å². The maximum atomic E-state index is 11.9. The molecule has 0 aliphatic heterocycles. The normalized spacial score (nSPS) is 11.6. The van der Waals surface area contributed by atoms with Gasteiger partial charge in [-0.05, 0) is 25.5 Å². The highest BCUT2D eigenvalue weighted by Gasteiger charge is 2.15. The Labute approximate surface area is 140 Å². The van der Waals surface area contributed by atoms with Crippen molar-refractivity contribution in [2.24, 2.45) is 0 Å². The lowest BCUT2D eigenvalue weighted by molar-refractivity contribution is 0.0953. The summed E-state index contributed by atoms with van der Waals surface area (Å²) < 4.78 is 0. The van der Waals surface area contributed by atoms with E-state index in [2.05, 4.69) is 30.9 Å². The quantitative estimate of drug-likeness (QED) is 0.573. The molecule has 8 heteroatoms. The topological polar surface area (TPSA) is 112 Å². The van der Waals surface area contributed by atoms with Crippen LogP contribution >= 0.6 is 0 Å². The molecule has 24 heavy (non-hydrogen) atoms. The number of nitrogens with one attached hydrogen (secondary N) is 4. The Kier molecular flexibility index (Phi) is 6.30. The Hall–Kier alpha value is -2.90. The van der Waals surface area contributed by atoms with E-state index in [1.54, 1.807) is 24.5 Å². The molecule has 0 radical (unpaired) electrons. The summed E-state index contributed by atoms with van der Waals surface area (Å²) in [5.74, 6) is 0.512. The van der Waals surface area contributed by atoms with E-state index >= 15 is 0 Å². The maximum absolute atomic E-state index is 11.9. The fraction of sp³-hybridized carbons (Fsp3) is 0.375. The van der Waals surface area contributed by atoms with Gasteiger partial charge in [0, 0.05) is 37.4 Å². The zero-order valence-corrected chi connectivity index (χ0v) is 13.8. The number of carbonyl (C=O) groups excluding carboxylic acids is 2. The lowest BCUT2D eigenvalue weighted by atomic mass is 10.2. The number of imidazole rings is 1. The fourth-order valence-corrected chi connectivity index (χ4v) is 2.13. The second-order valence-electron chi connectivity index (χ2n) is 5.31. The number of H-pyrrole nitrogens is 1. The highest BCUT2D eigenvalue weighted by atomic mass is 16.2. The van der Waals surface area contributed by atoms with Crippen molar-refractivity contribution < 1.29 is 9.59 Å². The monoisotopic (exact) mass is 330 g/mol. The van der Waals surface area contributed by atoms with E-state index in [0.717, 1.165) is 17.9 Å². The van der Waals surface area contributed by atoms with Crippen LogP contribution in [0.2, 0.25) is 0 Å². The largest absolute Gasteiger partial charge is 0.350 e. The highest BCUT2D eigenvalue weighted by Crippen LogP contribution is 2.12. The molecule has 2 heterocycles. The molecule has 2 aromatic heterocycles. The van der Waals surface area contributed by atoms with E-state index in [0.29, 0.717) is 18.7 Å². The summed E-state index contributed by atoms with van der Waals surface area (Å²) >= 11 is 0. The van der Waals surface area contributed by atoms with Gasteiger partial charge < -0.3 is 20.9 Å². The molecule has 0 saturated carbocycles. The third-order valence-electron chi connectivity index (χ3n) is 3.39. The average Bonchev–Trinajstić information content (AvgIpc) is 3.03. The molecule has 0 unspecified atom stereocenters. The molecule has 8 nitrogen and oxygen atoms in total. The molecule has 0 saturated heterocycles. The van der Waals surface area contributed by atoms with Gasteiger partial charge in [0.25, 0.3) is 5.91 Å². The van der Waals surface area contributed by atoms with E-state index in [-0.39, 0.29) is 18.0 Å². The smallest absolute Gasteiger partial charge is 0.315 e. The predicted octanol–water partition coefficient (Wildman–Crippen LogP) is 1.29. The summed E-state index contributed by atoms with van der Waals surface area (Å²) in [5.41, 5.74) is 1.44. The summed E-state index contributed by atoms with van der Waals surface area (Å²) in [7, 11) is 0. The highest BCUT2D eigenvalue weighted by molar-refractivity contribution is 5.93. The Balaban J connectivity index is 1.70. The zero-order chi connectivity index (χ0) is 17.4. The van der Waals surface area contributed by atoms with Crippen molar-refractivity contribution >= 4 is 11.9 Å². The number of amides is 3. The van der Waals surface area contributed by atoms with Crippen molar-refractivity contribution in [3.05, 3.63) is 47.8 Å². The van der Waals surface area contributed by atoms with Crippen LogP contribution in [0.15, 0.2) is 30.7 Å². The minimum atomic E-state index is -0.300. The van der Waals surface area contributed by atoms with Gasteiger partial charge in [0.1, 0.15) is 5.82 Å². The lowest BCUT2D eigenvalue weighted by Gasteiger charge is -2.15. The van der Waals surface area contributed by atoms with Crippen molar-refractivity contribution in [3.8, 4) is 0 Å². The Morgan fingerprint density at radius 3 is 2.67 bits per heavy atom. The third kappa shape index (κ3) is 5.08. The minimum absolute atomic E-state index is 0.177. The maximum Gasteiger partial charge on any atom is 0.315 e. The first kappa shape index (κ1) is 17.5. The standard InChI is InChI=1S/C16H22N6O2/c1-3-13(14-20-9-11(2)21-14)22-16(24)19-8-7-18-15(23)12-5-4-6-17-10-12/h4-6,9-10,13H,3,7-8H2,1-2H3,(H,18,23)(H,20,21)(H2,19,22,24)/t13-/m1/s1. The summed E-state index contributed by atoms with van der Waals surface area (Å²) in [4.78, 5) is 35.0. The second kappa shape index (κ2) is 8.66. The number of rotatable bonds is 7. The molecule has 0 spiro atoms. The van der Waals surface area contributed by atoms with Gasteiger partial charge >= 0.3 is 6.03 Å². The van der Waals surface area contributed by atoms with Crippen molar-refractivity contribution in [1.82, 2.24) is 30.9 Å². The van der Waals surface area contributed by atoms with Crippen LogP contribution in [0.25, 0.3) is 0 Å². The van der Waals surface area contributed by atoms with Gasteiger partial charge in [-0.1, -0.05) is 6.92 Å². The first-order valence-electron chi connectivity index (χ1n) is 7.84. The van der Waals surface area contributed by atoms with Crippen LogP contribution < -0.4 is 16.0 Å². The van der Waals surface area contributed by atoms with E-state index in [1.165, 1.54) is 6.20 Å². The molecule has 3 amide bonds. The predicted molar refractivity (Wildman–Crippen MR) is 89.5 cm³/mol. The molecule has 128 valence electrons. The molecular weight excluding hydrogens is 308 g/mol. The van der Waals surface area contributed by atoms with Crippen LogP contribution in [0, 0.1) is 6.92 Å². The van der Waals surface area contributed by atoms with Crippen LogP contribution in [0.4, 0.5) is 4.79 Å². The third-order valence-corrected chi connectivity index (χ3v) is 3.39. The number of aromatic nitrogens is 3. The van der Waals surface area contributed by atoms with Gasteiger partial charge in [0.15, 0.2) is 0 Å². The number of carbonyl (C=O) groups is 2. The number of nitrogens with zero attached hydrogens (tertiary/aromatic N) is 2. The first-order valence-corrected chi connectivity index (χ1v) is 7.84. The van der Waals surface area contributed by atoms with Gasteiger partial charge in [0.05, 0.1) is 11.6 Å². The summed E-state index contributed by atoms with van der Waals surface area (Å²) in [6, 6.07) is 2.90. The Morgan fingerprint density at radius 1 is 1.25 bits per heavy atom. The van der Waals surface area contributed by atoms with E-state index in [4.69, 9.17) is 0 Å². The number of hydrogen-bond donors (Lipinski definition) is 4. The number of aromatic amines is 1. The van der Waals surface area contributed by atoms with Crippen molar-refractivity contribution in [2.45, 2.75) is 26.3 Å². The molecule has 0 aliphatic rings. The Morgan fingerprint density at radius 2 is 2.04 bits per heavy atom. The van der Waals surface area contributed by atoms with E-state index in [1.807, 2.05) is 13.8 Å². The minimum Gasteiger partial charge on any atom is -0.350 e. The molecule has 0 aliphatic carbocycles. The number of urea groups is 1. The Bertz CT molecular complexity index is 670. The zero-order valence-electron chi connectivity index (χ0n) is 13.8. The summed E-state index contributed by atoms with van der Waals surface area (Å²) in [6.45, 7) is 4.54. The molecule has 1 atom stereocenters. The molecule has 0 aromatic carbocycles. The van der Waals surface area contributed by atoms with Crippen LogP contribution in [-0.4, -0.2) is 40.0 Å². The van der Waals surface area contributed by atoms with Crippen molar-refractivity contribution in [1.29, 1.82) is 0 Å². The molecular formula is C16H22N6O2. The van der Waals surface area contributed by atoms with Gasteiger partial charge in [0.2, 0.25) is 0 Å². The van der Waals surface area contributed by atoms with Crippen molar-refractivity contribution in [2.75, 3.05) is 13.1 Å². The van der Waals surface area contributed by atoms with Gasteiger partial charge in [-0.25, -0.2) is 9.78 Å². The number of pyridine rings is 1. The van der Waals surface area contributed by atoms with Gasteiger partial charge in [-0.3, -0.25) is 9.78 Å². The van der Waals surface area contributed by atoms with Crippen molar-refractivity contribution in [3.63, 3.8) is 0 Å². The summed E-state index contributed by atoms with van der Waals surface area (Å²) in [6.07, 6.45) is 5.55. The number of aryl methyl sites for hydroxylation is 1. The SMILES string of the molecule is CC[C@@H](NC(=O)NCCNC(=O)c1cccnc1)c1ncc(C)[nH]1. The lowest BCUT2D eigenvalue weighted by Crippen LogP contribution is -2.41. The summed E-state index contributed by atoms with van der Waals surface area (Å²) in [5, 5.41) is 8.28. The van der Waals surface area contributed by atoms with E-state index in [9.17, 15) is 9.59 Å². The van der Waals surface area contributed by atoms with Gasteiger partial charge in [-0.15, -0.1) is 0 Å². The first-order chi connectivity index (χ1) is 11.6. The molecule has 2 aromatic rings. The molecule has 0 bridgehead atoms. The van der Waals surface area contributed by atoms with E-state index < -0.39 is 0 Å². The average molecular weight is 330 g/mol.